The average molecular weight is 411 g/mol. The number of carbonyl (C=O) groups is 2. The van der Waals surface area contributed by atoms with E-state index in [1.165, 1.54) is 6.07 Å². The maximum absolute atomic E-state index is 13.4. The number of hydrogen-bond acceptors (Lipinski definition) is 3. The highest BCUT2D eigenvalue weighted by Crippen LogP contribution is 2.10. The molecular weight excluding hydrogens is 385 g/mol. The lowest BCUT2D eigenvalue weighted by Gasteiger charge is -2.26. The molecule has 2 aromatic rings. The van der Waals surface area contributed by atoms with Crippen molar-refractivity contribution in [3.63, 3.8) is 0 Å². The molecule has 0 atom stereocenters. The highest BCUT2D eigenvalue weighted by atomic mass is 19.1. The quantitative estimate of drug-likeness (QED) is 0.515. The van der Waals surface area contributed by atoms with Crippen LogP contribution in [0.2, 0.25) is 0 Å². The van der Waals surface area contributed by atoms with Crippen LogP contribution in [0.1, 0.15) is 27.0 Å². The van der Waals surface area contributed by atoms with Crippen LogP contribution in [-0.2, 0) is 17.9 Å². The normalized spacial score (nSPS) is 14.3. The van der Waals surface area contributed by atoms with E-state index in [9.17, 15) is 14.0 Å². The molecular formula is C22H26FN5O2. The molecule has 1 heterocycles. The first-order chi connectivity index (χ1) is 14.5. The number of guanidine groups is 1. The Morgan fingerprint density at radius 2 is 1.80 bits per heavy atom. The van der Waals surface area contributed by atoms with Crippen LogP contribution in [0.5, 0.6) is 0 Å². The number of carbonyl (C=O) groups excluding carboxylic acids is 2. The second-order valence-electron chi connectivity index (χ2n) is 7.14. The van der Waals surface area contributed by atoms with Gasteiger partial charge in [-0.15, -0.1) is 0 Å². The summed E-state index contributed by atoms with van der Waals surface area (Å²) in [5.74, 6) is 0.129. The van der Waals surface area contributed by atoms with Crippen molar-refractivity contribution in [3.8, 4) is 0 Å². The van der Waals surface area contributed by atoms with Gasteiger partial charge in [-0.05, 0) is 41.8 Å². The summed E-state index contributed by atoms with van der Waals surface area (Å²) in [4.78, 5) is 29.7. The van der Waals surface area contributed by atoms with E-state index < -0.39 is 0 Å². The molecule has 0 spiro atoms. The Labute approximate surface area is 175 Å². The van der Waals surface area contributed by atoms with Gasteiger partial charge in [-0.25, -0.2) is 4.39 Å². The summed E-state index contributed by atoms with van der Waals surface area (Å²) in [6.07, 6.45) is 0. The van der Waals surface area contributed by atoms with Gasteiger partial charge in [0, 0.05) is 38.8 Å². The number of aliphatic imine (C=N–C) groups is 1. The molecule has 1 fully saturated rings. The van der Waals surface area contributed by atoms with Crippen molar-refractivity contribution in [3.05, 3.63) is 70.5 Å². The van der Waals surface area contributed by atoms with Crippen LogP contribution in [0.25, 0.3) is 0 Å². The van der Waals surface area contributed by atoms with Crippen molar-refractivity contribution in [2.45, 2.75) is 20.0 Å². The molecule has 3 rings (SSSR count). The van der Waals surface area contributed by atoms with Crippen LogP contribution >= 0.6 is 0 Å². The molecule has 1 aliphatic rings. The van der Waals surface area contributed by atoms with E-state index >= 15 is 0 Å². The lowest BCUT2D eigenvalue weighted by atomic mass is 10.1. The largest absolute Gasteiger partial charge is 0.353 e. The van der Waals surface area contributed by atoms with E-state index in [1.807, 2.05) is 12.1 Å². The van der Waals surface area contributed by atoms with E-state index in [-0.39, 0.29) is 24.2 Å². The minimum atomic E-state index is -0.216. The van der Waals surface area contributed by atoms with Crippen LogP contribution in [-0.4, -0.2) is 49.4 Å². The predicted molar refractivity (Wildman–Crippen MR) is 114 cm³/mol. The molecule has 1 aliphatic heterocycles. The van der Waals surface area contributed by atoms with Gasteiger partial charge in [-0.3, -0.25) is 14.6 Å². The monoisotopic (exact) mass is 411 g/mol. The first kappa shape index (κ1) is 21.3. The Bertz CT molecular complexity index is 943. The van der Waals surface area contributed by atoms with Crippen LogP contribution in [0.15, 0.2) is 47.5 Å². The first-order valence-electron chi connectivity index (χ1n) is 9.80. The fourth-order valence-electron chi connectivity index (χ4n) is 3.17. The average Bonchev–Trinajstić information content (AvgIpc) is 2.76. The fraction of sp³-hybridized carbons (Fsp3) is 0.318. The number of piperazine rings is 1. The molecule has 0 aromatic heterocycles. The number of rotatable bonds is 5. The van der Waals surface area contributed by atoms with Crippen molar-refractivity contribution in [2.75, 3.05) is 26.7 Å². The van der Waals surface area contributed by atoms with Gasteiger partial charge in [0.2, 0.25) is 5.91 Å². The molecule has 0 radical (unpaired) electrons. The van der Waals surface area contributed by atoms with Gasteiger partial charge in [0.15, 0.2) is 5.96 Å². The zero-order valence-corrected chi connectivity index (χ0v) is 17.2. The fourth-order valence-corrected chi connectivity index (χ4v) is 3.17. The summed E-state index contributed by atoms with van der Waals surface area (Å²) < 4.78 is 13.4. The molecule has 2 aromatic carbocycles. The third kappa shape index (κ3) is 5.56. The lowest BCUT2D eigenvalue weighted by Crippen LogP contribution is -2.49. The first-order valence-corrected chi connectivity index (χ1v) is 9.80. The lowest BCUT2D eigenvalue weighted by molar-refractivity contribution is -0.123. The van der Waals surface area contributed by atoms with E-state index in [0.717, 1.165) is 11.1 Å². The number of aryl methyl sites for hydroxylation is 1. The zero-order chi connectivity index (χ0) is 21.5. The van der Waals surface area contributed by atoms with Crippen molar-refractivity contribution in [1.29, 1.82) is 0 Å². The molecule has 0 saturated carbocycles. The third-order valence-corrected chi connectivity index (χ3v) is 4.89. The Morgan fingerprint density at radius 1 is 1.13 bits per heavy atom. The molecule has 3 N–H and O–H groups in total. The van der Waals surface area contributed by atoms with E-state index in [2.05, 4.69) is 20.9 Å². The molecule has 0 unspecified atom stereocenters. The van der Waals surface area contributed by atoms with Crippen LogP contribution in [0.3, 0.4) is 0 Å². The maximum Gasteiger partial charge on any atom is 0.254 e. The summed E-state index contributed by atoms with van der Waals surface area (Å²) >= 11 is 0. The molecule has 8 heteroatoms. The minimum Gasteiger partial charge on any atom is -0.353 e. The number of halogens is 1. The SMILES string of the molecule is CN=C(NCc1ccc(C(=O)N2CCNC(=O)C2)cc1)NCc1ccc(F)c(C)c1. The summed E-state index contributed by atoms with van der Waals surface area (Å²) in [7, 11) is 1.68. The van der Waals surface area contributed by atoms with Crippen LogP contribution < -0.4 is 16.0 Å². The topological polar surface area (TPSA) is 85.8 Å². The molecule has 158 valence electrons. The van der Waals surface area contributed by atoms with Crippen LogP contribution in [0, 0.1) is 12.7 Å². The van der Waals surface area contributed by atoms with Gasteiger partial charge in [0.1, 0.15) is 5.82 Å². The number of amides is 2. The minimum absolute atomic E-state index is 0.0950. The molecule has 0 aliphatic carbocycles. The van der Waals surface area contributed by atoms with Gasteiger partial charge in [0.25, 0.3) is 5.91 Å². The summed E-state index contributed by atoms with van der Waals surface area (Å²) in [6, 6.07) is 12.3. The van der Waals surface area contributed by atoms with Gasteiger partial charge >= 0.3 is 0 Å². The number of nitrogens with one attached hydrogen (secondary N) is 3. The standard InChI is InChI=1S/C22H26FN5O2/c1-15-11-17(5-8-19(15)23)13-27-22(24-2)26-12-16-3-6-18(7-4-16)21(30)28-10-9-25-20(29)14-28/h3-8,11H,9-10,12-14H2,1-2H3,(H,25,29)(H2,24,26,27). The van der Waals surface area contributed by atoms with Gasteiger partial charge in [0.05, 0.1) is 6.54 Å². The molecule has 30 heavy (non-hydrogen) atoms. The van der Waals surface area contributed by atoms with Gasteiger partial charge in [-0.2, -0.15) is 0 Å². The van der Waals surface area contributed by atoms with Gasteiger partial charge < -0.3 is 20.9 Å². The highest BCUT2D eigenvalue weighted by molar-refractivity contribution is 5.97. The number of nitrogens with zero attached hydrogens (tertiary/aromatic N) is 2. The van der Waals surface area contributed by atoms with E-state index in [1.54, 1.807) is 43.1 Å². The smallest absolute Gasteiger partial charge is 0.254 e. The number of benzene rings is 2. The van der Waals surface area contributed by atoms with E-state index in [0.29, 0.717) is 43.3 Å². The molecule has 2 amide bonds. The zero-order valence-electron chi connectivity index (χ0n) is 17.2. The predicted octanol–water partition coefficient (Wildman–Crippen LogP) is 1.57. The van der Waals surface area contributed by atoms with Crippen molar-refractivity contribution in [1.82, 2.24) is 20.9 Å². The second-order valence-corrected chi connectivity index (χ2v) is 7.14. The Balaban J connectivity index is 1.51. The van der Waals surface area contributed by atoms with Crippen LogP contribution in [0.4, 0.5) is 4.39 Å². The second kappa shape index (κ2) is 9.87. The van der Waals surface area contributed by atoms with E-state index in [4.69, 9.17) is 0 Å². The molecule has 0 bridgehead atoms. The maximum atomic E-state index is 13.4. The Morgan fingerprint density at radius 3 is 2.43 bits per heavy atom. The summed E-state index contributed by atoms with van der Waals surface area (Å²) in [5, 5.41) is 9.12. The Hall–Kier alpha value is -3.42. The summed E-state index contributed by atoms with van der Waals surface area (Å²) in [5.41, 5.74) is 3.12. The summed E-state index contributed by atoms with van der Waals surface area (Å²) in [6.45, 7) is 3.89. The van der Waals surface area contributed by atoms with Crippen molar-refractivity contribution in [2.24, 2.45) is 4.99 Å². The van der Waals surface area contributed by atoms with Crippen molar-refractivity contribution >= 4 is 17.8 Å². The van der Waals surface area contributed by atoms with Gasteiger partial charge in [-0.1, -0.05) is 24.3 Å². The number of hydrogen-bond donors (Lipinski definition) is 3. The molecule has 7 nitrogen and oxygen atoms in total. The third-order valence-electron chi connectivity index (χ3n) is 4.89. The van der Waals surface area contributed by atoms with Crippen molar-refractivity contribution < 1.29 is 14.0 Å². The Kier molecular flexibility index (Phi) is 7.00. The molecule has 1 saturated heterocycles. The highest BCUT2D eigenvalue weighted by Gasteiger charge is 2.22.